The number of amides is 2. The SMILES string of the molecule is C[C@@H]1[C@@H](N=C(Nc2ccc3c(=O)n(CCc4ccc(Cl)cc4)c(-c4cnccn4)nc3c2)N2CC(=O)N[C@@H](C)C2)C[C@H]2C[C@@H]1C2(C)C.C[C@@H]1[C@@H](N=C(Nc2ccc3c(=O)n(CCc4ccc(Cl)cc4Cl)c(-c4cnccn4)nc3c2)N2CC(=O)N[C@@H](C)C2)C[C@H]2C[C@@H]1C2(C)C. The number of halogens is 3. The Hall–Kier alpha value is -8.33. The van der Waals surface area contributed by atoms with Gasteiger partial charge in [-0.25, -0.2) is 29.9 Å². The molecule has 0 unspecified atom stereocenters. The summed E-state index contributed by atoms with van der Waals surface area (Å²) in [5.41, 5.74) is 5.84. The zero-order valence-corrected chi connectivity index (χ0v) is 57.1. The minimum atomic E-state index is -0.189. The fourth-order valence-electron chi connectivity index (χ4n) is 15.8. The molecular formula is C72H81Cl3N16O4. The lowest BCUT2D eigenvalue weighted by Gasteiger charge is -2.61. The summed E-state index contributed by atoms with van der Waals surface area (Å²) >= 11 is 18.6. The van der Waals surface area contributed by atoms with E-state index < -0.39 is 0 Å². The monoisotopic (exact) mass is 1340 g/mol. The third-order valence-electron chi connectivity index (χ3n) is 21.4. The van der Waals surface area contributed by atoms with Gasteiger partial charge in [-0.3, -0.25) is 38.3 Å². The highest BCUT2D eigenvalue weighted by Crippen LogP contribution is 2.63. The van der Waals surface area contributed by atoms with E-state index >= 15 is 0 Å². The maximum Gasteiger partial charge on any atom is 0.261 e. The van der Waals surface area contributed by atoms with Crippen LogP contribution < -0.4 is 32.4 Å². The number of anilines is 2. The minimum Gasteiger partial charge on any atom is -0.350 e. The second-order valence-electron chi connectivity index (χ2n) is 28.2. The Morgan fingerprint density at radius 3 is 1.45 bits per heavy atom. The molecule has 6 heterocycles. The number of carbonyl (C=O) groups excluding carboxylic acids is 2. The van der Waals surface area contributed by atoms with Crippen molar-refractivity contribution in [2.45, 2.75) is 131 Å². The number of aromatic nitrogens is 8. The van der Waals surface area contributed by atoms with Crippen LogP contribution in [0.15, 0.2) is 136 Å². The van der Waals surface area contributed by atoms with Crippen molar-refractivity contribution in [2.24, 2.45) is 56.3 Å². The fraction of sp³-hybridized carbons (Fsp3) is 0.444. The summed E-state index contributed by atoms with van der Waals surface area (Å²) in [7, 11) is 0. The molecule has 4 aromatic heterocycles. The van der Waals surface area contributed by atoms with Crippen LogP contribution >= 0.6 is 34.8 Å². The molecule has 10 atom stereocenters. The maximum absolute atomic E-state index is 14.0. The van der Waals surface area contributed by atoms with E-state index in [0.29, 0.717) is 157 Å². The average Bonchev–Trinajstić information content (AvgIpc) is 0.731. The van der Waals surface area contributed by atoms with Crippen LogP contribution in [-0.4, -0.2) is 123 Å². The van der Waals surface area contributed by atoms with E-state index in [9.17, 15) is 19.2 Å². The zero-order valence-electron chi connectivity index (χ0n) is 54.9. The Morgan fingerprint density at radius 2 is 1.03 bits per heavy atom. The van der Waals surface area contributed by atoms with Gasteiger partial charge in [0.1, 0.15) is 11.4 Å². The van der Waals surface area contributed by atoms with Crippen molar-refractivity contribution < 1.29 is 9.59 Å². The van der Waals surface area contributed by atoms with Gasteiger partial charge in [-0.15, -0.1) is 0 Å². The number of rotatable bonds is 12. The highest BCUT2D eigenvalue weighted by atomic mass is 35.5. The maximum atomic E-state index is 14.0. The van der Waals surface area contributed by atoms with Crippen molar-refractivity contribution in [2.75, 3.05) is 36.8 Å². The first kappa shape index (κ1) is 65.3. The van der Waals surface area contributed by atoms with Crippen LogP contribution in [-0.2, 0) is 35.5 Å². The Labute approximate surface area is 567 Å². The van der Waals surface area contributed by atoms with Gasteiger partial charge in [0.2, 0.25) is 11.8 Å². The second kappa shape index (κ2) is 26.7. The number of benzene rings is 4. The fourth-order valence-corrected chi connectivity index (χ4v) is 16.4. The predicted molar refractivity (Wildman–Crippen MR) is 376 cm³/mol. The van der Waals surface area contributed by atoms with Crippen LogP contribution in [0.2, 0.25) is 15.1 Å². The topological polar surface area (TPSA) is 235 Å². The van der Waals surface area contributed by atoms with Crippen molar-refractivity contribution >= 4 is 91.7 Å². The first-order valence-electron chi connectivity index (χ1n) is 33.1. The lowest BCUT2D eigenvalue weighted by molar-refractivity contribution is -0.124. The normalized spacial score (nSPS) is 25.2. The number of nitrogens with one attached hydrogen (secondary N) is 4. The van der Waals surface area contributed by atoms with E-state index in [4.69, 9.17) is 54.8 Å². The highest BCUT2D eigenvalue weighted by molar-refractivity contribution is 6.35. The van der Waals surface area contributed by atoms with Gasteiger partial charge in [-0.1, -0.05) is 94.5 Å². The van der Waals surface area contributed by atoms with Crippen LogP contribution in [0.3, 0.4) is 0 Å². The summed E-state index contributed by atoms with van der Waals surface area (Å²) < 4.78 is 3.30. The molecule has 0 spiro atoms. The summed E-state index contributed by atoms with van der Waals surface area (Å²) in [4.78, 5) is 95.4. The summed E-state index contributed by atoms with van der Waals surface area (Å²) in [6.07, 6.45) is 15.3. The molecule has 4 aromatic carbocycles. The van der Waals surface area contributed by atoms with Crippen molar-refractivity contribution in [3.8, 4) is 23.0 Å². The molecule has 95 heavy (non-hydrogen) atoms. The van der Waals surface area contributed by atoms with Crippen LogP contribution in [0.5, 0.6) is 0 Å². The van der Waals surface area contributed by atoms with Crippen molar-refractivity contribution in [1.82, 2.24) is 59.5 Å². The van der Waals surface area contributed by atoms with Gasteiger partial charge in [0.05, 0.1) is 59.4 Å². The molecule has 8 aromatic rings. The van der Waals surface area contributed by atoms with Gasteiger partial charge in [0.15, 0.2) is 23.6 Å². The van der Waals surface area contributed by atoms with E-state index in [1.54, 1.807) is 64.5 Å². The van der Waals surface area contributed by atoms with Crippen LogP contribution in [0.1, 0.15) is 92.2 Å². The number of hydrogen-bond acceptors (Lipinski definition) is 12. The van der Waals surface area contributed by atoms with E-state index in [-0.39, 0.29) is 60.2 Å². The first-order chi connectivity index (χ1) is 45.5. The van der Waals surface area contributed by atoms with E-state index in [2.05, 4.69) is 82.7 Å². The molecule has 6 aliphatic carbocycles. The number of fused-ring (bicyclic) bond motifs is 6. The molecule has 20 nitrogen and oxygen atoms in total. The van der Waals surface area contributed by atoms with E-state index in [1.807, 2.05) is 84.3 Å². The van der Waals surface area contributed by atoms with Gasteiger partial charge in [0, 0.05) is 89.5 Å². The number of nitrogens with zero attached hydrogens (tertiary/aromatic N) is 12. The van der Waals surface area contributed by atoms with Gasteiger partial charge >= 0.3 is 0 Å². The lowest BCUT2D eigenvalue weighted by Crippen LogP contribution is -2.58. The molecule has 2 aliphatic heterocycles. The highest BCUT2D eigenvalue weighted by Gasteiger charge is 2.57. The first-order valence-corrected chi connectivity index (χ1v) is 34.3. The zero-order chi connectivity index (χ0) is 66.6. The van der Waals surface area contributed by atoms with Gasteiger partial charge in [-0.2, -0.15) is 0 Å². The Morgan fingerprint density at radius 1 is 0.568 bits per heavy atom. The standard InChI is InChI=1S/C36H40Cl2N8O2.C36H41ClN8O2/c1-20-18-45(19-32(47)41-20)35(44-29-14-23-13-27(21(29)2)36(23,3)4)42-25-7-8-26-30(16-25)43-33(31-17-39-10-11-40-31)46(34(26)48)12-9-22-5-6-24(37)15-28(22)38;1-21-19-44(20-32(46)40-21)35(43-29-16-24-15-28(22(29)2)36(24,3)4)41-26-9-10-27-30(17-26)42-33(31-18-38-12-13-39-31)45(34(27)47)14-11-23-5-7-25(37)8-6-23/h5-8,10-11,15-17,20-21,23,27,29H,9,12-14,18-19H2,1-4H3,(H,41,47)(H,42,44);5-10,12-13,17-18,21-22,24,28-29H,11,14-16,19-20H2,1-4H3,(H,40,46)(H,41,43)/t20-,21-,23+,27-,29-;21-,22-,24+,28-,29-/m00/s1. The van der Waals surface area contributed by atoms with Crippen molar-refractivity contribution in [3.05, 3.63) is 163 Å². The summed E-state index contributed by atoms with van der Waals surface area (Å²) in [6.45, 7) is 20.7. The third-order valence-corrected chi connectivity index (χ3v) is 22.3. The number of aliphatic imine (C=N–C) groups is 2. The van der Waals surface area contributed by atoms with E-state index in [1.165, 1.54) is 12.8 Å². The Balaban J connectivity index is 0.000000172. The third kappa shape index (κ3) is 13.5. The Bertz CT molecular complexity index is 4410. The smallest absolute Gasteiger partial charge is 0.261 e. The minimum absolute atomic E-state index is 0.00137. The van der Waals surface area contributed by atoms with Crippen molar-refractivity contribution in [1.29, 1.82) is 0 Å². The lowest BCUT2D eigenvalue weighted by atomic mass is 9.45. The molecule has 2 amide bonds. The number of guanidine groups is 2. The quantitative estimate of drug-likeness (QED) is 0.0658. The molecule has 8 fully saturated rings. The van der Waals surface area contributed by atoms with E-state index in [0.717, 1.165) is 35.3 Å². The molecule has 8 aliphatic rings. The van der Waals surface area contributed by atoms with Crippen LogP contribution in [0, 0.1) is 46.3 Å². The molecule has 23 heteroatoms. The summed E-state index contributed by atoms with van der Waals surface area (Å²) in [6, 6.07) is 24.4. The van der Waals surface area contributed by atoms with Crippen LogP contribution in [0.25, 0.3) is 44.8 Å². The number of carbonyl (C=O) groups is 2. The van der Waals surface area contributed by atoms with Crippen LogP contribution in [0.4, 0.5) is 11.4 Å². The summed E-state index contributed by atoms with van der Waals surface area (Å²) in [5, 5.41) is 15.9. The Kier molecular flexibility index (Phi) is 18.4. The number of piperazine rings is 2. The van der Waals surface area contributed by atoms with Gasteiger partial charge < -0.3 is 31.1 Å². The van der Waals surface area contributed by atoms with Crippen molar-refractivity contribution in [3.63, 3.8) is 0 Å². The van der Waals surface area contributed by atoms with Gasteiger partial charge in [0.25, 0.3) is 11.1 Å². The molecule has 494 valence electrons. The molecule has 4 N–H and O–H groups in total. The summed E-state index contributed by atoms with van der Waals surface area (Å²) in [5.74, 6) is 5.66. The predicted octanol–water partition coefficient (Wildman–Crippen LogP) is 11.5. The second-order valence-corrected chi connectivity index (χ2v) is 29.5. The molecule has 16 rings (SSSR count). The number of aryl methyl sites for hydroxylation is 2. The molecule has 6 saturated carbocycles. The van der Waals surface area contributed by atoms with Gasteiger partial charge in [-0.05, 0) is 171 Å². The average molecular weight is 1340 g/mol. The molecular weight excluding hydrogens is 1260 g/mol. The molecule has 2 saturated heterocycles. The molecule has 4 bridgehead atoms. The number of hydrogen-bond donors (Lipinski definition) is 4. The largest absolute Gasteiger partial charge is 0.350 e. The molecule has 0 radical (unpaired) electrons.